The highest BCUT2D eigenvalue weighted by Gasteiger charge is 2.16. The third-order valence-corrected chi connectivity index (χ3v) is 3.08. The highest BCUT2D eigenvalue weighted by Crippen LogP contribution is 2.20. The lowest BCUT2D eigenvalue weighted by molar-refractivity contribution is 0.207. The molecule has 0 aliphatic heterocycles. The minimum Gasteiger partial charge on any atom is -0.396 e. The van der Waals surface area contributed by atoms with Gasteiger partial charge in [0, 0.05) is 29.7 Å². The summed E-state index contributed by atoms with van der Waals surface area (Å²) in [4.78, 5) is 0. The molecular weight excluding hydrogens is 257 g/mol. The van der Waals surface area contributed by atoms with Crippen molar-refractivity contribution in [1.29, 1.82) is 0 Å². The van der Waals surface area contributed by atoms with Crippen molar-refractivity contribution in [2.45, 2.75) is 26.8 Å². The summed E-state index contributed by atoms with van der Waals surface area (Å²) in [6.45, 7) is 6.05. The summed E-state index contributed by atoms with van der Waals surface area (Å²) in [7, 11) is 0. The van der Waals surface area contributed by atoms with Gasteiger partial charge in [-0.2, -0.15) is 0 Å². The van der Waals surface area contributed by atoms with E-state index >= 15 is 0 Å². The molecule has 0 spiro atoms. The smallest absolute Gasteiger partial charge is 0.0436 e. The van der Waals surface area contributed by atoms with Crippen LogP contribution in [0.3, 0.4) is 0 Å². The zero-order chi connectivity index (χ0) is 12.9. The van der Waals surface area contributed by atoms with Gasteiger partial charge >= 0.3 is 0 Å². The van der Waals surface area contributed by atoms with Gasteiger partial charge in [-0.05, 0) is 35.6 Å². The van der Waals surface area contributed by atoms with Gasteiger partial charge in [-0.3, -0.25) is 0 Å². The molecule has 0 aliphatic carbocycles. The van der Waals surface area contributed by atoms with Crippen LogP contribution in [0.5, 0.6) is 0 Å². The fourth-order valence-corrected chi connectivity index (χ4v) is 2.22. The quantitative estimate of drug-likeness (QED) is 0.833. The predicted molar refractivity (Wildman–Crippen MR) is 73.7 cm³/mol. The standard InChI is InChI=1S/C13H19Cl2NO/c1-13(2,3-4-17)9-16-8-10-5-11(14)7-12(15)6-10/h5-7,16-17H,3-4,8-9H2,1-2H3. The van der Waals surface area contributed by atoms with Crippen molar-refractivity contribution in [2.24, 2.45) is 5.41 Å². The van der Waals surface area contributed by atoms with E-state index in [2.05, 4.69) is 19.2 Å². The van der Waals surface area contributed by atoms with E-state index in [-0.39, 0.29) is 12.0 Å². The maximum absolute atomic E-state index is 8.93. The van der Waals surface area contributed by atoms with Crippen LogP contribution < -0.4 is 5.32 Å². The van der Waals surface area contributed by atoms with E-state index in [0.717, 1.165) is 25.1 Å². The van der Waals surface area contributed by atoms with Crippen LogP contribution in [-0.4, -0.2) is 18.3 Å². The molecule has 2 N–H and O–H groups in total. The van der Waals surface area contributed by atoms with E-state index in [1.165, 1.54) is 0 Å². The van der Waals surface area contributed by atoms with Gasteiger partial charge < -0.3 is 10.4 Å². The molecule has 0 aliphatic rings. The maximum Gasteiger partial charge on any atom is 0.0436 e. The first kappa shape index (κ1) is 14.8. The Hall–Kier alpha value is -0.280. The molecule has 0 unspecified atom stereocenters. The Labute approximate surface area is 113 Å². The minimum absolute atomic E-state index is 0.0944. The van der Waals surface area contributed by atoms with Gasteiger partial charge in [0.25, 0.3) is 0 Å². The molecule has 96 valence electrons. The van der Waals surface area contributed by atoms with Crippen LogP contribution in [0.25, 0.3) is 0 Å². The summed E-state index contributed by atoms with van der Waals surface area (Å²) in [5, 5.41) is 13.6. The number of benzene rings is 1. The van der Waals surface area contributed by atoms with Crippen LogP contribution in [-0.2, 0) is 6.54 Å². The van der Waals surface area contributed by atoms with Crippen LogP contribution in [0.1, 0.15) is 25.8 Å². The van der Waals surface area contributed by atoms with Crippen molar-refractivity contribution in [2.75, 3.05) is 13.2 Å². The summed E-state index contributed by atoms with van der Waals surface area (Å²) >= 11 is 11.8. The molecule has 0 saturated heterocycles. The number of aliphatic hydroxyl groups excluding tert-OH is 1. The second-order valence-corrected chi connectivity index (χ2v) is 5.89. The normalized spacial score (nSPS) is 11.8. The maximum atomic E-state index is 8.93. The average molecular weight is 276 g/mol. The van der Waals surface area contributed by atoms with Crippen LogP contribution >= 0.6 is 23.2 Å². The number of aliphatic hydroxyl groups is 1. The highest BCUT2D eigenvalue weighted by atomic mass is 35.5. The molecule has 2 nitrogen and oxygen atoms in total. The summed E-state index contributed by atoms with van der Waals surface area (Å²) in [5.74, 6) is 0. The van der Waals surface area contributed by atoms with Crippen molar-refractivity contribution < 1.29 is 5.11 Å². The zero-order valence-corrected chi connectivity index (χ0v) is 11.8. The summed E-state index contributed by atoms with van der Waals surface area (Å²) in [5.41, 5.74) is 1.17. The predicted octanol–water partition coefficient (Wildman–Crippen LogP) is 3.49. The molecule has 0 aromatic heterocycles. The van der Waals surface area contributed by atoms with E-state index in [0.29, 0.717) is 10.0 Å². The van der Waals surface area contributed by atoms with Gasteiger partial charge in [-0.1, -0.05) is 37.0 Å². The third kappa shape index (κ3) is 5.73. The molecule has 0 bridgehead atoms. The molecule has 1 rings (SSSR count). The van der Waals surface area contributed by atoms with Crippen molar-refractivity contribution >= 4 is 23.2 Å². The Morgan fingerprint density at radius 1 is 1.18 bits per heavy atom. The van der Waals surface area contributed by atoms with Crippen LogP contribution in [0.4, 0.5) is 0 Å². The van der Waals surface area contributed by atoms with E-state index in [4.69, 9.17) is 28.3 Å². The number of hydrogen-bond donors (Lipinski definition) is 2. The number of hydrogen-bond acceptors (Lipinski definition) is 2. The SMILES string of the molecule is CC(C)(CCO)CNCc1cc(Cl)cc(Cl)c1. The van der Waals surface area contributed by atoms with Crippen molar-refractivity contribution in [3.63, 3.8) is 0 Å². The summed E-state index contributed by atoms with van der Waals surface area (Å²) in [6, 6.07) is 5.53. The first-order valence-corrected chi connectivity index (χ1v) is 6.45. The topological polar surface area (TPSA) is 32.3 Å². The van der Waals surface area contributed by atoms with Crippen LogP contribution in [0.15, 0.2) is 18.2 Å². The third-order valence-electron chi connectivity index (χ3n) is 2.64. The molecule has 0 radical (unpaired) electrons. The van der Waals surface area contributed by atoms with E-state index < -0.39 is 0 Å². The second kappa shape index (κ2) is 6.60. The Balaban J connectivity index is 2.45. The van der Waals surface area contributed by atoms with Crippen LogP contribution in [0.2, 0.25) is 10.0 Å². The Bertz CT molecular complexity index is 346. The largest absolute Gasteiger partial charge is 0.396 e. The molecule has 1 aromatic carbocycles. The first-order chi connectivity index (χ1) is 7.93. The Morgan fingerprint density at radius 3 is 2.29 bits per heavy atom. The molecule has 0 amide bonds. The summed E-state index contributed by atoms with van der Waals surface area (Å²) in [6.07, 6.45) is 0.788. The second-order valence-electron chi connectivity index (χ2n) is 5.02. The molecule has 0 saturated carbocycles. The lowest BCUT2D eigenvalue weighted by atomic mass is 9.90. The lowest BCUT2D eigenvalue weighted by Crippen LogP contribution is -2.29. The molecule has 0 heterocycles. The van der Waals surface area contributed by atoms with Crippen molar-refractivity contribution in [1.82, 2.24) is 5.32 Å². The average Bonchev–Trinajstić information content (AvgIpc) is 2.15. The molecule has 17 heavy (non-hydrogen) atoms. The Morgan fingerprint density at radius 2 is 1.76 bits per heavy atom. The van der Waals surface area contributed by atoms with Crippen molar-refractivity contribution in [3.8, 4) is 0 Å². The van der Waals surface area contributed by atoms with E-state index in [1.54, 1.807) is 6.07 Å². The van der Waals surface area contributed by atoms with Gasteiger partial charge in [0.1, 0.15) is 0 Å². The number of rotatable bonds is 6. The van der Waals surface area contributed by atoms with E-state index in [9.17, 15) is 0 Å². The Kier molecular flexibility index (Phi) is 5.74. The first-order valence-electron chi connectivity index (χ1n) is 5.69. The molecular formula is C13H19Cl2NO. The monoisotopic (exact) mass is 275 g/mol. The molecule has 4 heteroatoms. The van der Waals surface area contributed by atoms with Crippen molar-refractivity contribution in [3.05, 3.63) is 33.8 Å². The fraction of sp³-hybridized carbons (Fsp3) is 0.538. The van der Waals surface area contributed by atoms with Gasteiger partial charge in [0.05, 0.1) is 0 Å². The lowest BCUT2D eigenvalue weighted by Gasteiger charge is -2.24. The van der Waals surface area contributed by atoms with Gasteiger partial charge in [0.2, 0.25) is 0 Å². The molecule has 0 atom stereocenters. The number of nitrogens with one attached hydrogen (secondary N) is 1. The van der Waals surface area contributed by atoms with Gasteiger partial charge in [0.15, 0.2) is 0 Å². The molecule has 0 fully saturated rings. The highest BCUT2D eigenvalue weighted by molar-refractivity contribution is 6.34. The fourth-order valence-electron chi connectivity index (χ4n) is 1.65. The minimum atomic E-state index is 0.0944. The number of halogens is 2. The van der Waals surface area contributed by atoms with Crippen LogP contribution in [0, 0.1) is 5.41 Å². The van der Waals surface area contributed by atoms with E-state index in [1.807, 2.05) is 12.1 Å². The zero-order valence-electron chi connectivity index (χ0n) is 10.3. The van der Waals surface area contributed by atoms with Gasteiger partial charge in [-0.15, -0.1) is 0 Å². The molecule has 1 aromatic rings. The summed E-state index contributed by atoms with van der Waals surface area (Å²) < 4.78 is 0. The van der Waals surface area contributed by atoms with Gasteiger partial charge in [-0.25, -0.2) is 0 Å².